The van der Waals surface area contributed by atoms with Gasteiger partial charge in [-0.05, 0) is 38.2 Å². The molecule has 0 aliphatic rings. The van der Waals surface area contributed by atoms with Gasteiger partial charge in [0.1, 0.15) is 4.83 Å². The minimum atomic E-state index is -0.0322. The molecule has 0 saturated heterocycles. The summed E-state index contributed by atoms with van der Waals surface area (Å²) < 4.78 is 1.83. The lowest BCUT2D eigenvalue weighted by Crippen LogP contribution is -2.23. The Morgan fingerprint density at radius 2 is 2.00 bits per heavy atom. The summed E-state index contributed by atoms with van der Waals surface area (Å²) in [5.74, 6) is -0.0322. The highest BCUT2D eigenvalue weighted by atomic mass is 32.1. The summed E-state index contributed by atoms with van der Waals surface area (Å²) in [6, 6.07) is 10.2. The van der Waals surface area contributed by atoms with E-state index < -0.39 is 0 Å². The number of amides is 1. The molecule has 24 heavy (non-hydrogen) atoms. The molecule has 1 aromatic carbocycles. The van der Waals surface area contributed by atoms with Crippen molar-refractivity contribution >= 4 is 27.5 Å². The maximum Gasteiger partial charge on any atom is 0.261 e. The highest BCUT2D eigenvalue weighted by Gasteiger charge is 2.15. The van der Waals surface area contributed by atoms with Crippen LogP contribution < -0.4 is 5.32 Å². The van der Waals surface area contributed by atoms with Gasteiger partial charge in [-0.2, -0.15) is 5.10 Å². The molecule has 2 aromatic heterocycles. The minimum Gasteiger partial charge on any atom is -0.347 e. The van der Waals surface area contributed by atoms with Crippen LogP contribution in [0.25, 0.3) is 10.2 Å². The number of nitrogens with zero attached hydrogens (tertiary/aromatic N) is 3. The van der Waals surface area contributed by atoms with Crippen molar-refractivity contribution in [2.75, 3.05) is 14.1 Å². The fourth-order valence-corrected chi connectivity index (χ4v) is 3.84. The van der Waals surface area contributed by atoms with Crippen LogP contribution in [0.5, 0.6) is 0 Å². The zero-order chi connectivity index (χ0) is 17.3. The van der Waals surface area contributed by atoms with Crippen LogP contribution in [-0.4, -0.2) is 34.7 Å². The second kappa shape index (κ2) is 6.75. The van der Waals surface area contributed by atoms with Gasteiger partial charge in [0.05, 0.1) is 10.6 Å². The van der Waals surface area contributed by atoms with Crippen LogP contribution in [0, 0.1) is 6.92 Å². The van der Waals surface area contributed by atoms with Gasteiger partial charge in [-0.1, -0.05) is 24.3 Å². The van der Waals surface area contributed by atoms with Gasteiger partial charge in [-0.15, -0.1) is 11.3 Å². The number of hydrogen-bond acceptors (Lipinski definition) is 4. The van der Waals surface area contributed by atoms with Crippen LogP contribution in [0.3, 0.4) is 0 Å². The van der Waals surface area contributed by atoms with Crippen LogP contribution in [0.15, 0.2) is 30.3 Å². The van der Waals surface area contributed by atoms with E-state index in [0.717, 1.165) is 32.9 Å². The topological polar surface area (TPSA) is 50.2 Å². The van der Waals surface area contributed by atoms with Crippen LogP contribution in [-0.2, 0) is 20.1 Å². The first kappa shape index (κ1) is 16.7. The third-order valence-electron chi connectivity index (χ3n) is 3.96. The Kier molecular flexibility index (Phi) is 4.69. The van der Waals surface area contributed by atoms with E-state index in [2.05, 4.69) is 27.4 Å². The molecule has 0 fully saturated rings. The summed E-state index contributed by atoms with van der Waals surface area (Å²) in [5.41, 5.74) is 3.34. The van der Waals surface area contributed by atoms with Crippen molar-refractivity contribution in [2.24, 2.45) is 7.05 Å². The lowest BCUT2D eigenvalue weighted by molar-refractivity contribution is 0.0955. The summed E-state index contributed by atoms with van der Waals surface area (Å²) in [4.78, 5) is 16.4. The molecular weight excluding hydrogens is 320 g/mol. The molecule has 5 nitrogen and oxygen atoms in total. The molecule has 0 aliphatic heterocycles. The Morgan fingerprint density at radius 3 is 2.67 bits per heavy atom. The average Bonchev–Trinajstić information content (AvgIpc) is 3.08. The molecule has 0 unspecified atom stereocenters. The monoisotopic (exact) mass is 342 g/mol. The predicted octanol–water partition coefficient (Wildman–Crippen LogP) is 2.93. The quantitative estimate of drug-likeness (QED) is 0.776. The summed E-state index contributed by atoms with van der Waals surface area (Å²) in [6.45, 7) is 3.36. The van der Waals surface area contributed by atoms with Crippen molar-refractivity contribution in [1.82, 2.24) is 20.0 Å². The molecule has 126 valence electrons. The molecule has 0 bridgehead atoms. The maximum absolute atomic E-state index is 12.5. The summed E-state index contributed by atoms with van der Waals surface area (Å²) >= 11 is 1.48. The van der Waals surface area contributed by atoms with E-state index in [4.69, 9.17) is 0 Å². The van der Waals surface area contributed by atoms with Gasteiger partial charge in [-0.3, -0.25) is 9.48 Å². The number of aromatic nitrogens is 2. The highest BCUT2D eigenvalue weighted by molar-refractivity contribution is 7.20. The Morgan fingerprint density at radius 1 is 1.29 bits per heavy atom. The van der Waals surface area contributed by atoms with E-state index in [1.54, 1.807) is 0 Å². The molecule has 6 heteroatoms. The molecule has 0 saturated carbocycles. The molecule has 0 spiro atoms. The Labute approximate surface area is 145 Å². The van der Waals surface area contributed by atoms with E-state index in [9.17, 15) is 4.79 Å². The van der Waals surface area contributed by atoms with E-state index in [1.165, 1.54) is 16.9 Å². The van der Waals surface area contributed by atoms with Gasteiger partial charge < -0.3 is 10.2 Å². The number of rotatable bonds is 5. The second-order valence-corrected chi connectivity index (χ2v) is 7.26. The molecular formula is C18H22N4OS. The number of fused-ring (bicyclic) bond motifs is 1. The standard InChI is InChI=1S/C18H22N4OS/c1-12-15-9-16(24-18(15)22(4)20-12)17(23)19-10-13-7-5-6-8-14(13)11-21(2)3/h5-9H,10-11H2,1-4H3,(H,19,23). The van der Waals surface area contributed by atoms with Crippen molar-refractivity contribution in [3.05, 3.63) is 52.0 Å². The zero-order valence-corrected chi connectivity index (χ0v) is 15.3. The van der Waals surface area contributed by atoms with E-state index in [-0.39, 0.29) is 5.91 Å². The van der Waals surface area contributed by atoms with Crippen LogP contribution in [0.1, 0.15) is 26.5 Å². The molecule has 0 atom stereocenters. The van der Waals surface area contributed by atoms with Crippen LogP contribution in [0.4, 0.5) is 0 Å². The largest absolute Gasteiger partial charge is 0.347 e. The summed E-state index contributed by atoms with van der Waals surface area (Å²) in [7, 11) is 6.00. The predicted molar refractivity (Wildman–Crippen MR) is 98.3 cm³/mol. The Balaban J connectivity index is 1.74. The molecule has 3 rings (SSSR count). The molecule has 0 aliphatic carbocycles. The minimum absolute atomic E-state index is 0.0322. The van der Waals surface area contributed by atoms with Crippen LogP contribution >= 0.6 is 11.3 Å². The lowest BCUT2D eigenvalue weighted by atomic mass is 10.1. The van der Waals surface area contributed by atoms with E-state index in [1.807, 2.05) is 50.9 Å². The van der Waals surface area contributed by atoms with Gasteiger partial charge in [0.25, 0.3) is 5.91 Å². The molecule has 2 heterocycles. The first-order valence-electron chi connectivity index (χ1n) is 7.88. The highest BCUT2D eigenvalue weighted by Crippen LogP contribution is 2.27. The van der Waals surface area contributed by atoms with Gasteiger partial charge in [0.2, 0.25) is 0 Å². The van der Waals surface area contributed by atoms with Crippen molar-refractivity contribution in [3.63, 3.8) is 0 Å². The molecule has 1 N–H and O–H groups in total. The molecule has 0 radical (unpaired) electrons. The van der Waals surface area contributed by atoms with Gasteiger partial charge >= 0.3 is 0 Å². The first-order chi connectivity index (χ1) is 11.5. The number of nitrogens with one attached hydrogen (secondary N) is 1. The van der Waals surface area contributed by atoms with Crippen molar-refractivity contribution in [3.8, 4) is 0 Å². The normalized spacial score (nSPS) is 11.4. The Hall–Kier alpha value is -2.18. The Bertz CT molecular complexity index is 844. The maximum atomic E-state index is 12.5. The molecule has 3 aromatic rings. The summed E-state index contributed by atoms with van der Waals surface area (Å²) in [6.07, 6.45) is 0. The van der Waals surface area contributed by atoms with E-state index >= 15 is 0 Å². The van der Waals surface area contributed by atoms with Gasteiger partial charge in [0.15, 0.2) is 0 Å². The third-order valence-corrected chi connectivity index (χ3v) is 5.16. The number of carbonyl (C=O) groups is 1. The van der Waals surface area contributed by atoms with Crippen molar-refractivity contribution in [1.29, 1.82) is 0 Å². The van der Waals surface area contributed by atoms with E-state index in [0.29, 0.717) is 6.54 Å². The number of aryl methyl sites for hydroxylation is 2. The average molecular weight is 342 g/mol. The van der Waals surface area contributed by atoms with Gasteiger partial charge in [0, 0.05) is 25.5 Å². The SMILES string of the molecule is Cc1nn(C)c2sc(C(=O)NCc3ccccc3CN(C)C)cc12. The summed E-state index contributed by atoms with van der Waals surface area (Å²) in [5, 5.41) is 8.47. The number of benzene rings is 1. The number of thiophene rings is 1. The smallest absolute Gasteiger partial charge is 0.261 e. The third kappa shape index (κ3) is 3.34. The van der Waals surface area contributed by atoms with Gasteiger partial charge in [-0.25, -0.2) is 0 Å². The fourth-order valence-electron chi connectivity index (χ4n) is 2.80. The van der Waals surface area contributed by atoms with Crippen molar-refractivity contribution < 1.29 is 4.79 Å². The zero-order valence-electron chi connectivity index (χ0n) is 14.5. The number of hydrogen-bond donors (Lipinski definition) is 1. The number of carbonyl (C=O) groups excluding carboxylic acids is 1. The lowest BCUT2D eigenvalue weighted by Gasteiger charge is -2.14. The first-order valence-corrected chi connectivity index (χ1v) is 8.70. The van der Waals surface area contributed by atoms with Crippen molar-refractivity contribution in [2.45, 2.75) is 20.0 Å². The van der Waals surface area contributed by atoms with Crippen LogP contribution in [0.2, 0.25) is 0 Å². The second-order valence-electron chi connectivity index (χ2n) is 6.23. The molecule has 1 amide bonds. The fraction of sp³-hybridized carbons (Fsp3) is 0.333.